The normalized spacial score (nSPS) is 36.6. The maximum absolute atomic E-state index is 12.1. The number of hydrogen-bond acceptors (Lipinski definition) is 4. The molecule has 5 heteroatoms. The van der Waals surface area contributed by atoms with E-state index in [0.717, 1.165) is 26.3 Å². The van der Waals surface area contributed by atoms with E-state index in [1.807, 2.05) is 0 Å². The Kier molecular flexibility index (Phi) is 5.37. The monoisotopic (exact) mass is 311 g/mol. The third-order valence-electron chi connectivity index (χ3n) is 5.92. The first-order chi connectivity index (χ1) is 10.7. The van der Waals surface area contributed by atoms with E-state index in [9.17, 15) is 4.79 Å². The van der Waals surface area contributed by atoms with Crippen molar-refractivity contribution in [3.63, 3.8) is 0 Å². The lowest BCUT2D eigenvalue weighted by atomic mass is 9.82. The minimum absolute atomic E-state index is 0.0579. The summed E-state index contributed by atoms with van der Waals surface area (Å²) in [4.78, 5) is 14.2. The van der Waals surface area contributed by atoms with Crippen molar-refractivity contribution in [2.45, 2.75) is 38.1 Å². The largest absolute Gasteiger partial charge is 0.464 e. The molecule has 0 saturated carbocycles. The van der Waals surface area contributed by atoms with Crippen LogP contribution in [0.5, 0.6) is 0 Å². The lowest BCUT2D eigenvalue weighted by Crippen LogP contribution is -2.61. The predicted molar refractivity (Wildman–Crippen MR) is 84.5 cm³/mol. The fourth-order valence-corrected chi connectivity index (χ4v) is 4.62. The van der Waals surface area contributed by atoms with Crippen LogP contribution in [0.4, 0.5) is 0 Å². The first-order valence-electron chi connectivity index (χ1n) is 8.97. The molecule has 0 aromatic heterocycles. The minimum atomic E-state index is -0.0579. The summed E-state index contributed by atoms with van der Waals surface area (Å²) in [6, 6.07) is 0.707. The third kappa shape index (κ3) is 3.81. The van der Waals surface area contributed by atoms with Crippen LogP contribution >= 0.6 is 0 Å². The summed E-state index contributed by atoms with van der Waals surface area (Å²) < 4.78 is 12.2. The molecule has 0 radical (unpaired) electrons. The van der Waals surface area contributed by atoms with Gasteiger partial charge in [-0.2, -0.15) is 0 Å². The topological polar surface area (TPSA) is 38.8 Å². The molecule has 0 aromatic rings. The average Bonchev–Trinajstić information content (AvgIpc) is 2.53. The number of quaternary nitrogens is 1. The van der Waals surface area contributed by atoms with Crippen LogP contribution in [0.3, 0.4) is 0 Å². The molecule has 126 valence electrons. The molecular formula is C17H31N2O3+. The van der Waals surface area contributed by atoms with E-state index in [1.54, 1.807) is 0 Å². The van der Waals surface area contributed by atoms with Crippen LogP contribution in [0.25, 0.3) is 0 Å². The first kappa shape index (κ1) is 16.2. The van der Waals surface area contributed by atoms with Crippen molar-refractivity contribution in [2.24, 2.45) is 5.92 Å². The molecule has 3 rings (SSSR count). The summed E-state index contributed by atoms with van der Waals surface area (Å²) >= 11 is 0. The summed E-state index contributed by atoms with van der Waals surface area (Å²) in [6.45, 7) is 6.81. The number of nitrogens with zero attached hydrogens (tertiary/aromatic N) is 2. The molecule has 0 aromatic carbocycles. The Balaban J connectivity index is 1.46. The quantitative estimate of drug-likeness (QED) is 0.579. The fourth-order valence-electron chi connectivity index (χ4n) is 4.62. The highest BCUT2D eigenvalue weighted by Crippen LogP contribution is 2.36. The van der Waals surface area contributed by atoms with Crippen molar-refractivity contribution in [3.05, 3.63) is 0 Å². The highest BCUT2D eigenvalue weighted by atomic mass is 16.5. The van der Waals surface area contributed by atoms with E-state index < -0.39 is 0 Å². The maximum atomic E-state index is 12.1. The van der Waals surface area contributed by atoms with E-state index in [-0.39, 0.29) is 5.97 Å². The van der Waals surface area contributed by atoms with Gasteiger partial charge in [-0.25, -0.2) is 0 Å². The Morgan fingerprint density at radius 1 is 1.18 bits per heavy atom. The van der Waals surface area contributed by atoms with Crippen LogP contribution in [-0.4, -0.2) is 81.0 Å². The molecule has 0 aliphatic carbocycles. The fraction of sp³-hybridized carbons (Fsp3) is 0.941. The minimum Gasteiger partial charge on any atom is -0.464 e. The number of esters is 1. The van der Waals surface area contributed by atoms with Crippen molar-refractivity contribution >= 4 is 5.97 Å². The van der Waals surface area contributed by atoms with E-state index >= 15 is 0 Å². The highest BCUT2D eigenvalue weighted by molar-refractivity contribution is 5.71. The molecule has 0 spiro atoms. The SMILES string of the molecule is C[N@+]12CCCC[C@@H]1[C@@H](COC(=O)CN1CCOCC1)CCC2. The van der Waals surface area contributed by atoms with Gasteiger partial charge in [-0.3, -0.25) is 9.69 Å². The second-order valence-corrected chi connectivity index (χ2v) is 7.46. The van der Waals surface area contributed by atoms with Crippen LogP contribution in [0, 0.1) is 5.92 Å². The second-order valence-electron chi connectivity index (χ2n) is 7.46. The van der Waals surface area contributed by atoms with Crippen LogP contribution in [0.2, 0.25) is 0 Å². The first-order valence-corrected chi connectivity index (χ1v) is 8.97. The zero-order valence-corrected chi connectivity index (χ0v) is 14.0. The van der Waals surface area contributed by atoms with Gasteiger partial charge in [0.2, 0.25) is 0 Å². The van der Waals surface area contributed by atoms with Gasteiger partial charge >= 0.3 is 5.97 Å². The van der Waals surface area contributed by atoms with Crippen LogP contribution in [-0.2, 0) is 14.3 Å². The van der Waals surface area contributed by atoms with Crippen molar-refractivity contribution in [2.75, 3.05) is 59.6 Å². The van der Waals surface area contributed by atoms with Gasteiger partial charge in [0.05, 0.1) is 52.5 Å². The molecule has 3 saturated heterocycles. The van der Waals surface area contributed by atoms with Crippen molar-refractivity contribution in [1.82, 2.24) is 4.90 Å². The summed E-state index contributed by atoms with van der Waals surface area (Å²) in [5, 5.41) is 0. The lowest BCUT2D eigenvalue weighted by Gasteiger charge is -2.51. The van der Waals surface area contributed by atoms with Crippen molar-refractivity contribution < 1.29 is 18.8 Å². The highest BCUT2D eigenvalue weighted by Gasteiger charge is 2.43. The van der Waals surface area contributed by atoms with Gasteiger partial charge < -0.3 is 14.0 Å². The Morgan fingerprint density at radius 2 is 1.95 bits per heavy atom. The molecule has 0 bridgehead atoms. The summed E-state index contributed by atoms with van der Waals surface area (Å²) in [7, 11) is 2.41. The lowest BCUT2D eigenvalue weighted by molar-refractivity contribution is -0.947. The molecule has 22 heavy (non-hydrogen) atoms. The standard InChI is InChI=1S/C17H31N2O3/c1-19-9-3-2-6-16(19)15(5-4-10-19)14-22-17(20)13-18-7-11-21-12-8-18/h15-16H,2-14H2,1H3/q+1/t15-,16-,19-/m1/s1. The maximum Gasteiger partial charge on any atom is 0.320 e. The third-order valence-corrected chi connectivity index (χ3v) is 5.92. The molecule has 0 unspecified atom stereocenters. The summed E-state index contributed by atoms with van der Waals surface area (Å²) in [6.07, 6.45) is 6.51. The van der Waals surface area contributed by atoms with Gasteiger partial charge in [-0.15, -0.1) is 0 Å². The van der Waals surface area contributed by atoms with Gasteiger partial charge in [-0.05, 0) is 25.7 Å². The number of piperidine rings is 2. The molecule has 3 atom stereocenters. The number of rotatable bonds is 4. The van der Waals surface area contributed by atoms with Crippen molar-refractivity contribution in [3.8, 4) is 0 Å². The number of ether oxygens (including phenoxy) is 2. The van der Waals surface area contributed by atoms with E-state index in [4.69, 9.17) is 9.47 Å². The molecule has 3 aliphatic heterocycles. The number of morpholine rings is 1. The van der Waals surface area contributed by atoms with Gasteiger partial charge in [0.1, 0.15) is 0 Å². The number of fused-ring (bicyclic) bond motifs is 1. The Labute approximate surface area is 134 Å². The molecule has 3 fully saturated rings. The zero-order chi connectivity index (χ0) is 15.4. The summed E-state index contributed by atoms with van der Waals surface area (Å²) in [5.74, 6) is 0.505. The van der Waals surface area contributed by atoms with Gasteiger partial charge in [0, 0.05) is 25.4 Å². The zero-order valence-electron chi connectivity index (χ0n) is 14.0. The van der Waals surface area contributed by atoms with Gasteiger partial charge in [0.25, 0.3) is 0 Å². The molecule has 5 nitrogen and oxygen atoms in total. The molecule has 3 heterocycles. The average molecular weight is 311 g/mol. The van der Waals surface area contributed by atoms with Gasteiger partial charge in [0.15, 0.2) is 0 Å². The van der Waals surface area contributed by atoms with Gasteiger partial charge in [-0.1, -0.05) is 0 Å². The summed E-state index contributed by atoms with van der Waals surface area (Å²) in [5.41, 5.74) is 0. The van der Waals surface area contributed by atoms with Crippen LogP contribution in [0.1, 0.15) is 32.1 Å². The molecular weight excluding hydrogens is 280 g/mol. The number of hydrogen-bond donors (Lipinski definition) is 0. The van der Waals surface area contributed by atoms with Crippen LogP contribution < -0.4 is 0 Å². The number of carbonyl (C=O) groups is 1. The van der Waals surface area contributed by atoms with Crippen molar-refractivity contribution in [1.29, 1.82) is 0 Å². The molecule has 0 N–H and O–H groups in total. The molecule has 3 aliphatic rings. The smallest absolute Gasteiger partial charge is 0.320 e. The molecule has 0 amide bonds. The Morgan fingerprint density at radius 3 is 2.77 bits per heavy atom. The second kappa shape index (κ2) is 7.28. The van der Waals surface area contributed by atoms with E-state index in [2.05, 4.69) is 11.9 Å². The van der Waals surface area contributed by atoms with E-state index in [0.29, 0.717) is 25.1 Å². The predicted octanol–water partition coefficient (Wildman–Crippen LogP) is 1.27. The Hall–Kier alpha value is -0.650. The van der Waals surface area contributed by atoms with E-state index in [1.165, 1.54) is 49.7 Å². The Bertz CT molecular complexity index is 380. The van der Waals surface area contributed by atoms with Crippen LogP contribution in [0.15, 0.2) is 0 Å². The number of carbonyl (C=O) groups excluding carboxylic acids is 1.